The number of β-lactam (4-membered cyclic amide) rings is 1. The molecule has 1 fully saturated rings. The molecule has 0 bridgehead atoms. The van der Waals surface area contributed by atoms with Crippen molar-refractivity contribution >= 4 is 52.6 Å². The zero-order chi connectivity index (χ0) is 21.4. The van der Waals surface area contributed by atoms with E-state index in [0.29, 0.717) is 4.34 Å². The molecule has 2 amide bonds. The first-order chi connectivity index (χ1) is 14.3. The van der Waals surface area contributed by atoms with Crippen molar-refractivity contribution in [2.24, 2.45) is 0 Å². The van der Waals surface area contributed by atoms with Crippen LogP contribution in [-0.2, 0) is 20.9 Å². The Labute approximate surface area is 180 Å². The summed E-state index contributed by atoms with van der Waals surface area (Å²) in [4.78, 5) is 37.7. The Morgan fingerprint density at radius 1 is 1.37 bits per heavy atom. The van der Waals surface area contributed by atoms with E-state index in [1.54, 1.807) is 6.92 Å². The molecule has 16 heteroatoms. The normalized spacial score (nSPS) is 23.2. The molecule has 0 aromatic carbocycles. The Bertz CT molecular complexity index is 1020. The third-order valence-corrected chi connectivity index (χ3v) is 7.55. The lowest BCUT2D eigenvalue weighted by molar-refractivity contribution is -0.151. The molecule has 4 heterocycles. The van der Waals surface area contributed by atoms with Gasteiger partial charge in [-0.2, -0.15) is 0 Å². The van der Waals surface area contributed by atoms with Gasteiger partial charge in [0.15, 0.2) is 4.34 Å². The molecule has 3 atom stereocenters. The highest BCUT2D eigenvalue weighted by atomic mass is 32.2. The van der Waals surface area contributed by atoms with Gasteiger partial charge in [0.05, 0.1) is 0 Å². The minimum atomic E-state index is -1.32. The predicted molar refractivity (Wildman–Crippen MR) is 104 cm³/mol. The molecule has 0 spiro atoms. The molecule has 2 aliphatic heterocycles. The number of tetrazole rings is 1. The summed E-state index contributed by atoms with van der Waals surface area (Å²) >= 11 is 3.58. The number of aliphatic hydroxyl groups is 1. The van der Waals surface area contributed by atoms with Gasteiger partial charge in [-0.05, 0) is 17.4 Å². The van der Waals surface area contributed by atoms with Crippen LogP contribution in [0.4, 0.5) is 0 Å². The SMILES string of the molecule is Cc1nnc(SCC2=C(C(=O)O)N3C(=O)[C@@H](NC(=O)Cn4cnnn4)[C@H]3SC2O)s1. The quantitative estimate of drug-likeness (QED) is 0.322. The highest BCUT2D eigenvalue weighted by molar-refractivity contribution is 8.02. The smallest absolute Gasteiger partial charge is 0.352 e. The van der Waals surface area contributed by atoms with Crippen LogP contribution in [0.25, 0.3) is 0 Å². The fourth-order valence-electron chi connectivity index (χ4n) is 2.94. The number of nitrogens with zero attached hydrogens (tertiary/aromatic N) is 7. The van der Waals surface area contributed by atoms with E-state index in [0.717, 1.165) is 21.7 Å². The molecule has 158 valence electrons. The highest BCUT2D eigenvalue weighted by Gasteiger charge is 2.56. The van der Waals surface area contributed by atoms with Crippen molar-refractivity contribution in [1.29, 1.82) is 0 Å². The van der Waals surface area contributed by atoms with Gasteiger partial charge in [0.2, 0.25) is 5.91 Å². The summed E-state index contributed by atoms with van der Waals surface area (Å²) in [7, 11) is 0. The first-order valence-corrected chi connectivity index (χ1v) is 11.2. The molecule has 0 saturated carbocycles. The summed E-state index contributed by atoms with van der Waals surface area (Å²) < 4.78 is 1.82. The van der Waals surface area contributed by atoms with Crippen LogP contribution in [0.5, 0.6) is 0 Å². The number of thioether (sulfide) groups is 2. The van der Waals surface area contributed by atoms with Gasteiger partial charge in [-0.1, -0.05) is 34.9 Å². The molecule has 13 nitrogen and oxygen atoms in total. The van der Waals surface area contributed by atoms with Crippen molar-refractivity contribution in [3.8, 4) is 0 Å². The Morgan fingerprint density at radius 2 is 2.17 bits per heavy atom. The van der Waals surface area contributed by atoms with E-state index in [1.807, 2.05) is 0 Å². The van der Waals surface area contributed by atoms with Crippen molar-refractivity contribution < 1.29 is 24.6 Å². The van der Waals surface area contributed by atoms with Crippen LogP contribution in [0.15, 0.2) is 21.9 Å². The fraction of sp³-hybridized carbons (Fsp3) is 0.429. The predicted octanol–water partition coefficient (Wildman–Crippen LogP) is -1.32. The number of aliphatic carboxylic acids is 1. The Hall–Kier alpha value is -2.56. The monoisotopic (exact) mass is 470 g/mol. The Morgan fingerprint density at radius 3 is 2.80 bits per heavy atom. The van der Waals surface area contributed by atoms with Gasteiger partial charge in [0.25, 0.3) is 5.91 Å². The van der Waals surface area contributed by atoms with Gasteiger partial charge in [0, 0.05) is 11.3 Å². The molecule has 3 N–H and O–H groups in total. The summed E-state index contributed by atoms with van der Waals surface area (Å²) in [6.07, 6.45) is 1.25. The number of aromatic nitrogens is 6. The number of carboxylic acid groups (broad SMARTS) is 1. The number of carboxylic acids is 1. The first kappa shape index (κ1) is 20.7. The number of carbonyl (C=O) groups excluding carboxylic acids is 2. The number of aliphatic hydroxyl groups excluding tert-OH is 1. The molecular weight excluding hydrogens is 456 g/mol. The summed E-state index contributed by atoms with van der Waals surface area (Å²) in [5.41, 5.74) is -1.21. The van der Waals surface area contributed by atoms with Gasteiger partial charge >= 0.3 is 5.97 Å². The maximum Gasteiger partial charge on any atom is 0.352 e. The molecule has 2 aromatic heterocycles. The van der Waals surface area contributed by atoms with Crippen LogP contribution >= 0.6 is 34.9 Å². The summed E-state index contributed by atoms with van der Waals surface area (Å²) in [6.45, 7) is 1.60. The number of amides is 2. The van der Waals surface area contributed by atoms with E-state index < -0.39 is 34.6 Å². The number of nitrogens with one attached hydrogen (secondary N) is 1. The number of fused-ring (bicyclic) bond motifs is 1. The van der Waals surface area contributed by atoms with Crippen LogP contribution in [-0.4, -0.2) is 85.9 Å². The van der Waals surface area contributed by atoms with Crippen LogP contribution in [0, 0.1) is 6.92 Å². The third kappa shape index (κ3) is 3.90. The third-order valence-electron chi connectivity index (χ3n) is 4.23. The van der Waals surface area contributed by atoms with Gasteiger partial charge in [-0.25, -0.2) is 9.48 Å². The molecule has 1 unspecified atom stereocenters. The fourth-order valence-corrected chi connectivity index (χ4v) is 6.20. The molecule has 30 heavy (non-hydrogen) atoms. The van der Waals surface area contributed by atoms with E-state index in [9.17, 15) is 24.6 Å². The Kier molecular flexibility index (Phi) is 5.72. The number of aryl methyl sites for hydroxylation is 1. The van der Waals surface area contributed by atoms with Crippen LogP contribution < -0.4 is 5.32 Å². The van der Waals surface area contributed by atoms with E-state index in [2.05, 4.69) is 31.0 Å². The minimum Gasteiger partial charge on any atom is -0.477 e. The maximum absolute atomic E-state index is 12.6. The molecule has 0 radical (unpaired) electrons. The number of carbonyl (C=O) groups is 3. The largest absolute Gasteiger partial charge is 0.477 e. The number of hydrogen-bond donors (Lipinski definition) is 3. The standard InChI is InChI=1S/C14H14N8O5S3/c1-5-17-18-14(29-5)28-3-6-9(12(25)26)22-10(24)8(11(22)30-13(6)27)16-7(23)2-21-4-15-19-20-21/h4,8,11,13,27H,2-3H2,1H3,(H,16,23)(H,25,26)/t8-,11-,13?/m1/s1. The zero-order valence-electron chi connectivity index (χ0n) is 15.2. The minimum absolute atomic E-state index is 0.136. The van der Waals surface area contributed by atoms with Crippen LogP contribution in [0.3, 0.4) is 0 Å². The molecule has 2 aromatic rings. The second-order valence-electron chi connectivity index (χ2n) is 6.19. The lowest BCUT2D eigenvalue weighted by atomic mass is 10.0. The van der Waals surface area contributed by atoms with Crippen LogP contribution in [0.2, 0.25) is 0 Å². The molecular formula is C14H14N8O5S3. The number of hydrogen-bond acceptors (Lipinski definition) is 12. The van der Waals surface area contributed by atoms with E-state index in [4.69, 9.17) is 0 Å². The first-order valence-electron chi connectivity index (χ1n) is 8.41. The van der Waals surface area contributed by atoms with Crippen molar-refractivity contribution in [1.82, 2.24) is 40.6 Å². The summed E-state index contributed by atoms with van der Waals surface area (Å²) in [6, 6.07) is -0.956. The van der Waals surface area contributed by atoms with Gasteiger partial charge in [0.1, 0.15) is 40.4 Å². The lowest BCUT2D eigenvalue weighted by Gasteiger charge is -2.50. The summed E-state index contributed by atoms with van der Waals surface area (Å²) in [5, 5.41) is 41.1. The van der Waals surface area contributed by atoms with E-state index in [1.165, 1.54) is 34.1 Å². The lowest BCUT2D eigenvalue weighted by Crippen LogP contribution is -2.71. The van der Waals surface area contributed by atoms with Gasteiger partial charge in [-0.15, -0.1) is 15.3 Å². The maximum atomic E-state index is 12.6. The topological polar surface area (TPSA) is 176 Å². The van der Waals surface area contributed by atoms with E-state index >= 15 is 0 Å². The van der Waals surface area contributed by atoms with E-state index in [-0.39, 0.29) is 23.6 Å². The van der Waals surface area contributed by atoms with Crippen molar-refractivity contribution in [2.45, 2.75) is 34.7 Å². The molecule has 2 aliphatic rings. The highest BCUT2D eigenvalue weighted by Crippen LogP contribution is 2.44. The van der Waals surface area contributed by atoms with Gasteiger partial charge < -0.3 is 15.5 Å². The van der Waals surface area contributed by atoms with Crippen molar-refractivity contribution in [3.05, 3.63) is 22.6 Å². The van der Waals surface area contributed by atoms with Crippen molar-refractivity contribution in [3.63, 3.8) is 0 Å². The average molecular weight is 471 g/mol. The molecule has 1 saturated heterocycles. The zero-order valence-corrected chi connectivity index (χ0v) is 17.6. The van der Waals surface area contributed by atoms with Crippen LogP contribution in [0.1, 0.15) is 5.01 Å². The average Bonchev–Trinajstić information content (AvgIpc) is 3.35. The second kappa shape index (κ2) is 8.29. The number of rotatable bonds is 7. The molecule has 4 rings (SSSR count). The van der Waals surface area contributed by atoms with Gasteiger partial charge in [-0.3, -0.25) is 14.5 Å². The van der Waals surface area contributed by atoms with Crippen molar-refractivity contribution in [2.75, 3.05) is 5.75 Å². The molecule has 0 aliphatic carbocycles. The summed E-state index contributed by atoms with van der Waals surface area (Å²) in [5.74, 6) is -2.26. The Balaban J connectivity index is 1.49. The second-order valence-corrected chi connectivity index (χ2v) is 9.80.